The van der Waals surface area contributed by atoms with Gasteiger partial charge in [0.05, 0.1) is 102 Å². The molecule has 5 aliphatic carbocycles. The Balaban J connectivity index is 0.000000109. The third-order valence-corrected chi connectivity index (χ3v) is 32.5. The van der Waals surface area contributed by atoms with E-state index in [2.05, 4.69) is 164 Å². The molecule has 0 saturated heterocycles. The molecule has 0 unspecified atom stereocenters. The van der Waals surface area contributed by atoms with Crippen molar-refractivity contribution in [2.45, 2.75) is 170 Å². The van der Waals surface area contributed by atoms with Crippen LogP contribution >= 0.6 is 135 Å². The number of hydrogen-bond acceptors (Lipinski definition) is 16. The molecular formula is C109H99Br2Cl5I2N16O8. The lowest BCUT2D eigenvalue weighted by atomic mass is 9.87. The lowest BCUT2D eigenvalue weighted by molar-refractivity contribution is 0.0522. The average molecular weight is 2350 g/mol. The van der Waals surface area contributed by atoms with Crippen molar-refractivity contribution in [2.24, 2.45) is 0 Å². The number of carbonyl (C=O) groups is 5. The van der Waals surface area contributed by atoms with Gasteiger partial charge in [-0.25, -0.2) is 39.9 Å². The molecule has 10 aliphatic rings. The maximum atomic E-state index is 13.7. The Kier molecular flexibility index (Phi) is 30.3. The Hall–Kier alpha value is -10.9. The van der Waals surface area contributed by atoms with Gasteiger partial charge < -0.3 is 53.2 Å². The van der Waals surface area contributed by atoms with E-state index < -0.39 is 0 Å². The van der Waals surface area contributed by atoms with Crippen LogP contribution in [0.4, 0.5) is 0 Å². The van der Waals surface area contributed by atoms with Crippen molar-refractivity contribution in [3.05, 3.63) is 344 Å². The summed E-state index contributed by atoms with van der Waals surface area (Å²) in [5.74, 6) is 2.37. The van der Waals surface area contributed by atoms with Crippen LogP contribution in [0.2, 0.25) is 25.1 Å². The van der Waals surface area contributed by atoms with Gasteiger partial charge in [0.1, 0.15) is 59.5 Å². The van der Waals surface area contributed by atoms with E-state index >= 15 is 0 Å². The van der Waals surface area contributed by atoms with Crippen molar-refractivity contribution < 1.29 is 38.2 Å². The molecule has 8 aromatic carbocycles. The van der Waals surface area contributed by atoms with Crippen molar-refractivity contribution in [2.75, 3.05) is 30.2 Å². The Bertz CT molecular complexity index is 7210. The highest BCUT2D eigenvalue weighted by Crippen LogP contribution is 2.56. The molecule has 24 nitrogen and oxygen atoms in total. The fraction of sp³-hybridized carbons (Fsp3) is 0.294. The number of methoxy groups -OCH3 is 3. The Morgan fingerprint density at radius 1 is 0.394 bits per heavy atom. The molecule has 142 heavy (non-hydrogen) atoms. The van der Waals surface area contributed by atoms with Gasteiger partial charge in [0.25, 0.3) is 29.5 Å². The number of rotatable bonds is 15. The summed E-state index contributed by atoms with van der Waals surface area (Å²) in [6, 6.07) is 49.0. The molecule has 0 radical (unpaired) electrons. The van der Waals surface area contributed by atoms with E-state index in [0.717, 1.165) is 241 Å². The number of fused-ring (bicyclic) bond motifs is 13. The van der Waals surface area contributed by atoms with Crippen LogP contribution in [0.25, 0.3) is 56.2 Å². The van der Waals surface area contributed by atoms with Crippen molar-refractivity contribution >= 4 is 204 Å². The first-order valence-corrected chi connectivity index (χ1v) is 53.9. The monoisotopic (exact) mass is 2350 g/mol. The Morgan fingerprint density at radius 3 is 1.16 bits per heavy atom. The van der Waals surface area contributed by atoms with Gasteiger partial charge in [-0.3, -0.25) is 24.0 Å². The van der Waals surface area contributed by atoms with Gasteiger partial charge >= 0.3 is 0 Å². The number of nitrogens with one attached hydrogen (secondary N) is 2. The fourth-order valence-corrected chi connectivity index (χ4v) is 25.6. The molecule has 4 spiro atoms. The SMILES string of the molecule is C1=Cc2cncnc2C1.COc1ccc(CN2C(=O)c3c(Cl)cc(-n4ccc5cncnc54)cc3C23CCCC3)cc1.COc1ccc(CN2C(=O)c3c(Cl)cc(Br)cc3C23CCCC3)cc1.COc1ccc(CN2Cc3cc(Br)cc(Cl)c3C2=O)cc1.ICCCCI.O=C1NC2(CCCC2)c2cc(-n3ccc4cncnc43)cc(Cl)c21.O=C1NC2(CCCC2)c2cc(-n3ccc4cncnc43)cc(Cl)c21. The highest BCUT2D eigenvalue weighted by atomic mass is 127. The predicted molar refractivity (Wildman–Crippen MR) is 580 cm³/mol. The van der Waals surface area contributed by atoms with E-state index in [1.807, 2.05) is 170 Å². The third-order valence-electron chi connectivity index (χ3n) is 28.6. The number of unbranched alkanes of at least 4 members (excludes halogenated alkanes) is 1. The summed E-state index contributed by atoms with van der Waals surface area (Å²) >= 11 is 44.2. The highest BCUT2D eigenvalue weighted by molar-refractivity contribution is 14.1. The molecule has 12 heterocycles. The largest absolute Gasteiger partial charge is 0.497 e. The van der Waals surface area contributed by atoms with Crippen molar-refractivity contribution in [1.82, 2.24) is 78.9 Å². The minimum atomic E-state index is -0.329. The molecule has 33 heteroatoms. The van der Waals surface area contributed by atoms with Gasteiger partial charge in [-0.15, -0.1) is 0 Å². The first-order valence-electron chi connectivity index (χ1n) is 47.3. The van der Waals surface area contributed by atoms with Crippen molar-refractivity contribution in [3.63, 3.8) is 0 Å². The maximum Gasteiger partial charge on any atom is 0.256 e. The number of allylic oxidation sites excluding steroid dienone is 1. The molecule has 2 N–H and O–H groups in total. The Morgan fingerprint density at radius 2 is 0.754 bits per heavy atom. The number of amides is 5. The number of halogens is 9. The number of benzene rings is 8. The van der Waals surface area contributed by atoms with E-state index in [4.69, 9.17) is 72.2 Å². The fourth-order valence-electron chi connectivity index (χ4n) is 21.7. The standard InChI is InChI=1S/C26H23ClN4O2.C20H19BrClNO2.2C18H15ClN4O.C16H13BrClNO2.C7H6N2.C4H8I2/c1-33-20-6-4-17(5-7-20)15-31-25(32)23-21(26(31)9-2-3-10-26)12-19(13-22(23)27)30-11-8-18-14-28-16-29-24(18)30;1-25-15-6-4-13(5-7-15)12-23-19(24)18-16(10-14(21)11-17(18)22)20(23)8-2-3-9-20;2*19-14-8-12(23-6-3-11-9-20-10-21-16(11)23)7-13-15(14)17(24)22-18(13)4-1-2-5-18;1-21-13-4-2-10(3-5-13)8-19-9-11-6-12(17)7-14(18)15(11)16(19)20;1-2-6-4-8-5-9-7(6)3-1;5-3-1-2-4-6/h4-8,11-14,16H,2-3,9-10,15H2,1H3;4-7,10-11H,2-3,8-9,12H2,1H3;2*3,6-10H,1-2,4-5H2,(H,22,24);2-7H,8-9H2,1H3;1-2,4-5H,3H2;1-4H2. The van der Waals surface area contributed by atoms with Gasteiger partial charge in [0.15, 0.2) is 0 Å². The van der Waals surface area contributed by atoms with Crippen LogP contribution in [0, 0.1) is 0 Å². The third kappa shape index (κ3) is 19.8. The molecule has 4 saturated carbocycles. The molecule has 0 atom stereocenters. The van der Waals surface area contributed by atoms with Crippen LogP contribution in [0.5, 0.6) is 17.2 Å². The molecule has 5 aliphatic heterocycles. The van der Waals surface area contributed by atoms with E-state index in [-0.39, 0.29) is 51.7 Å². The summed E-state index contributed by atoms with van der Waals surface area (Å²) in [6.45, 7) is 2.28. The number of alkyl halides is 2. The van der Waals surface area contributed by atoms with Gasteiger partial charge in [-0.1, -0.05) is 235 Å². The van der Waals surface area contributed by atoms with E-state index in [1.165, 1.54) is 34.4 Å². The molecule has 5 amide bonds. The lowest BCUT2D eigenvalue weighted by Crippen LogP contribution is -2.41. The average Bonchev–Trinajstić information content (AvgIpc) is 1.53. The van der Waals surface area contributed by atoms with Crippen LogP contribution in [0.3, 0.4) is 0 Å². The van der Waals surface area contributed by atoms with E-state index in [9.17, 15) is 24.0 Å². The smallest absolute Gasteiger partial charge is 0.256 e. The van der Waals surface area contributed by atoms with Crippen molar-refractivity contribution in [1.29, 1.82) is 0 Å². The van der Waals surface area contributed by atoms with Gasteiger partial charge in [-0.05, 0) is 233 Å². The molecule has 25 rings (SSSR count). The first kappa shape index (κ1) is 99.8. The molecule has 726 valence electrons. The molecule has 4 fully saturated rings. The van der Waals surface area contributed by atoms with Gasteiger partial charge in [0, 0.05) is 124 Å². The second-order valence-corrected chi connectivity index (χ2v) is 42.8. The summed E-state index contributed by atoms with van der Waals surface area (Å²) in [7, 11) is 4.95. The second-order valence-electron chi connectivity index (χ2n) is 36.8. The zero-order chi connectivity index (χ0) is 98.7. The molecule has 0 bridgehead atoms. The normalized spacial score (nSPS) is 16.5. The zero-order valence-corrected chi connectivity index (χ0v) is 89.3. The topological polar surface area (TPSA) is 265 Å². The maximum absolute atomic E-state index is 13.7. The number of carbonyl (C=O) groups excluding carboxylic acids is 5. The van der Waals surface area contributed by atoms with Crippen molar-refractivity contribution in [3.8, 4) is 34.3 Å². The molecule has 15 aromatic rings. The second kappa shape index (κ2) is 43.2. The number of nitrogens with zero attached hydrogens (tertiary/aromatic N) is 14. The van der Waals surface area contributed by atoms with Crippen LogP contribution in [0.1, 0.15) is 223 Å². The van der Waals surface area contributed by atoms with E-state index in [0.29, 0.717) is 79.1 Å². The minimum absolute atomic E-state index is 0.0129. The van der Waals surface area contributed by atoms with Gasteiger partial charge in [0.2, 0.25) is 0 Å². The van der Waals surface area contributed by atoms with Crippen LogP contribution < -0.4 is 24.8 Å². The summed E-state index contributed by atoms with van der Waals surface area (Å²) in [5.41, 5.74) is 18.1. The Labute approximate surface area is 891 Å². The zero-order valence-electron chi connectivity index (χ0n) is 78.0. The highest BCUT2D eigenvalue weighted by Gasteiger charge is 2.55. The summed E-state index contributed by atoms with van der Waals surface area (Å²) in [4.78, 5) is 104. The summed E-state index contributed by atoms with van der Waals surface area (Å²) < 4.78 is 26.1. The van der Waals surface area contributed by atoms with Crippen LogP contribution in [-0.4, -0.2) is 128 Å². The minimum Gasteiger partial charge on any atom is -0.497 e. The van der Waals surface area contributed by atoms with E-state index in [1.54, 1.807) is 63.5 Å². The quantitative estimate of drug-likeness (QED) is 0.0549. The van der Waals surface area contributed by atoms with Gasteiger partial charge in [-0.2, -0.15) is 0 Å². The number of aromatic nitrogens is 11. The van der Waals surface area contributed by atoms with Crippen LogP contribution in [0.15, 0.2) is 235 Å². The summed E-state index contributed by atoms with van der Waals surface area (Å²) in [6.07, 6.45) is 43.9. The molecule has 7 aromatic heterocycles. The lowest BCUT2D eigenvalue weighted by Gasteiger charge is -2.36. The number of ether oxygens (including phenoxy) is 3. The first-order chi connectivity index (χ1) is 69.0. The predicted octanol–water partition coefficient (Wildman–Crippen LogP) is 26.2. The molecular weight excluding hydrogens is 2250 g/mol. The number of hydrogen-bond donors (Lipinski definition) is 2. The van der Waals surface area contributed by atoms with Crippen LogP contribution in [-0.2, 0) is 54.8 Å². The summed E-state index contributed by atoms with van der Waals surface area (Å²) in [5, 5.41) is 11.8.